The minimum atomic E-state index is 0.135. The fraction of sp³-hybridized carbons (Fsp3) is 0.611. The molecule has 0 amide bonds. The van der Waals surface area contributed by atoms with Crippen molar-refractivity contribution >= 4 is 5.96 Å². The van der Waals surface area contributed by atoms with Gasteiger partial charge in [0.1, 0.15) is 5.75 Å². The van der Waals surface area contributed by atoms with Crippen LogP contribution in [0.15, 0.2) is 23.2 Å². The number of aliphatic imine (C=N–C) groups is 1. The van der Waals surface area contributed by atoms with Gasteiger partial charge in [0, 0.05) is 25.3 Å². The maximum atomic E-state index is 9.11. The van der Waals surface area contributed by atoms with Gasteiger partial charge in [-0.25, -0.2) is 4.99 Å². The molecule has 0 fully saturated rings. The van der Waals surface area contributed by atoms with Crippen molar-refractivity contribution in [3.8, 4) is 5.75 Å². The first-order valence-electron chi connectivity index (χ1n) is 8.35. The molecule has 3 N–H and O–H groups in total. The summed E-state index contributed by atoms with van der Waals surface area (Å²) < 4.78 is 5.89. The van der Waals surface area contributed by atoms with Crippen LogP contribution < -0.4 is 15.4 Å². The van der Waals surface area contributed by atoms with Gasteiger partial charge in [0.05, 0.1) is 12.6 Å². The average molecular weight is 321 g/mol. The first kappa shape index (κ1) is 19.3. The van der Waals surface area contributed by atoms with Gasteiger partial charge in [-0.15, -0.1) is 0 Å². The van der Waals surface area contributed by atoms with E-state index in [4.69, 9.17) is 9.84 Å². The van der Waals surface area contributed by atoms with Crippen LogP contribution in [0.1, 0.15) is 38.8 Å². The standard InChI is InChI=1S/C18H31N3O2/c1-6-19-18(20-10-15(5)12-22)21-11-16-8-7-14(4)9-17(16)23-13(2)3/h7-9,13,15,22H,6,10-12H2,1-5H3,(H2,19,20,21). The highest BCUT2D eigenvalue weighted by molar-refractivity contribution is 5.79. The van der Waals surface area contributed by atoms with E-state index >= 15 is 0 Å². The SMILES string of the molecule is CCNC(=NCc1ccc(C)cc1OC(C)C)NCC(C)CO. The lowest BCUT2D eigenvalue weighted by molar-refractivity contribution is 0.238. The molecule has 0 bridgehead atoms. The second kappa shape index (κ2) is 10.1. The second-order valence-electron chi connectivity index (χ2n) is 6.14. The quantitative estimate of drug-likeness (QED) is 0.508. The van der Waals surface area contributed by atoms with E-state index in [2.05, 4.69) is 40.7 Å². The molecule has 5 nitrogen and oxygen atoms in total. The van der Waals surface area contributed by atoms with Crippen LogP contribution in [0.4, 0.5) is 0 Å². The van der Waals surface area contributed by atoms with Crippen molar-refractivity contribution in [1.82, 2.24) is 10.6 Å². The Bertz CT molecular complexity index is 501. The highest BCUT2D eigenvalue weighted by atomic mass is 16.5. The molecular formula is C18H31N3O2. The lowest BCUT2D eigenvalue weighted by Gasteiger charge is -2.16. The van der Waals surface area contributed by atoms with E-state index in [9.17, 15) is 0 Å². The molecular weight excluding hydrogens is 290 g/mol. The predicted molar refractivity (Wildman–Crippen MR) is 96.0 cm³/mol. The minimum Gasteiger partial charge on any atom is -0.491 e. The summed E-state index contributed by atoms with van der Waals surface area (Å²) >= 11 is 0. The number of hydrogen-bond donors (Lipinski definition) is 3. The molecule has 23 heavy (non-hydrogen) atoms. The van der Waals surface area contributed by atoms with Crippen LogP contribution in [-0.2, 0) is 6.54 Å². The van der Waals surface area contributed by atoms with Gasteiger partial charge in [0.2, 0.25) is 0 Å². The van der Waals surface area contributed by atoms with Crippen molar-refractivity contribution in [3.63, 3.8) is 0 Å². The smallest absolute Gasteiger partial charge is 0.191 e. The van der Waals surface area contributed by atoms with Crippen LogP contribution in [0.5, 0.6) is 5.75 Å². The summed E-state index contributed by atoms with van der Waals surface area (Å²) in [6.07, 6.45) is 0.135. The summed E-state index contributed by atoms with van der Waals surface area (Å²) in [5.74, 6) is 1.84. The predicted octanol–water partition coefficient (Wildman–Crippen LogP) is 2.47. The van der Waals surface area contributed by atoms with Gasteiger partial charge in [0.25, 0.3) is 0 Å². The van der Waals surface area contributed by atoms with Crippen LogP contribution in [0.3, 0.4) is 0 Å². The largest absolute Gasteiger partial charge is 0.491 e. The topological polar surface area (TPSA) is 65.9 Å². The third-order valence-corrected chi connectivity index (χ3v) is 3.27. The molecule has 1 unspecified atom stereocenters. The lowest BCUT2D eigenvalue weighted by Crippen LogP contribution is -2.39. The first-order chi connectivity index (χ1) is 11.0. The van der Waals surface area contributed by atoms with E-state index < -0.39 is 0 Å². The third-order valence-electron chi connectivity index (χ3n) is 3.27. The molecule has 0 saturated heterocycles. The number of aryl methyl sites for hydroxylation is 1. The summed E-state index contributed by atoms with van der Waals surface area (Å²) in [6, 6.07) is 6.20. The summed E-state index contributed by atoms with van der Waals surface area (Å²) in [4.78, 5) is 4.62. The van der Waals surface area contributed by atoms with Gasteiger partial charge in [0.15, 0.2) is 5.96 Å². The zero-order valence-electron chi connectivity index (χ0n) is 15.0. The van der Waals surface area contributed by atoms with Crippen LogP contribution in [0, 0.1) is 12.8 Å². The fourth-order valence-corrected chi connectivity index (χ4v) is 2.00. The van der Waals surface area contributed by atoms with Gasteiger partial charge in [-0.3, -0.25) is 0 Å². The number of nitrogens with one attached hydrogen (secondary N) is 2. The van der Waals surface area contributed by atoms with Crippen LogP contribution in [0.25, 0.3) is 0 Å². The molecule has 0 aliphatic carbocycles. The Morgan fingerprint density at radius 3 is 2.61 bits per heavy atom. The van der Waals surface area contributed by atoms with Gasteiger partial charge in [-0.05, 0) is 45.2 Å². The maximum absolute atomic E-state index is 9.11. The molecule has 0 heterocycles. The Hall–Kier alpha value is -1.75. The number of ether oxygens (including phenoxy) is 1. The van der Waals surface area contributed by atoms with E-state index in [1.807, 2.05) is 27.7 Å². The van der Waals surface area contributed by atoms with Crippen molar-refractivity contribution in [1.29, 1.82) is 0 Å². The Kier molecular flexibility index (Phi) is 8.48. The fourth-order valence-electron chi connectivity index (χ4n) is 2.00. The Labute approximate surface area is 140 Å². The maximum Gasteiger partial charge on any atom is 0.191 e. The monoisotopic (exact) mass is 321 g/mol. The van der Waals surface area contributed by atoms with Crippen molar-refractivity contribution in [2.75, 3.05) is 19.7 Å². The minimum absolute atomic E-state index is 0.135. The Morgan fingerprint density at radius 1 is 1.26 bits per heavy atom. The van der Waals surface area contributed by atoms with Crippen LogP contribution >= 0.6 is 0 Å². The van der Waals surface area contributed by atoms with Gasteiger partial charge in [-0.2, -0.15) is 0 Å². The molecule has 0 saturated carbocycles. The highest BCUT2D eigenvalue weighted by Gasteiger charge is 2.07. The molecule has 1 aromatic carbocycles. The molecule has 1 atom stereocenters. The number of aliphatic hydroxyl groups excluding tert-OH is 1. The number of benzene rings is 1. The van der Waals surface area contributed by atoms with Crippen molar-refractivity contribution in [2.24, 2.45) is 10.9 Å². The van der Waals surface area contributed by atoms with E-state index in [1.54, 1.807) is 0 Å². The molecule has 1 rings (SSSR count). The second-order valence-corrected chi connectivity index (χ2v) is 6.14. The lowest BCUT2D eigenvalue weighted by atomic mass is 10.1. The summed E-state index contributed by atoms with van der Waals surface area (Å²) in [5, 5.41) is 15.6. The Balaban J connectivity index is 2.81. The molecule has 0 radical (unpaired) electrons. The number of rotatable bonds is 8. The molecule has 0 aromatic heterocycles. The van der Waals surface area contributed by atoms with Gasteiger partial charge < -0.3 is 20.5 Å². The van der Waals surface area contributed by atoms with Crippen molar-refractivity contribution < 1.29 is 9.84 Å². The Morgan fingerprint density at radius 2 is 2.00 bits per heavy atom. The zero-order valence-corrected chi connectivity index (χ0v) is 15.0. The van der Waals surface area contributed by atoms with E-state index in [1.165, 1.54) is 5.56 Å². The molecule has 0 spiro atoms. The van der Waals surface area contributed by atoms with Crippen molar-refractivity contribution in [2.45, 2.75) is 47.3 Å². The number of aliphatic hydroxyl groups is 1. The number of hydrogen-bond acceptors (Lipinski definition) is 3. The number of nitrogens with zero attached hydrogens (tertiary/aromatic N) is 1. The third kappa shape index (κ3) is 7.37. The zero-order chi connectivity index (χ0) is 17.2. The highest BCUT2D eigenvalue weighted by Crippen LogP contribution is 2.22. The average Bonchev–Trinajstić information content (AvgIpc) is 2.50. The normalized spacial score (nSPS) is 13.1. The van der Waals surface area contributed by atoms with Crippen LogP contribution in [0.2, 0.25) is 0 Å². The van der Waals surface area contributed by atoms with Crippen LogP contribution in [-0.4, -0.2) is 36.9 Å². The van der Waals surface area contributed by atoms with Crippen molar-refractivity contribution in [3.05, 3.63) is 29.3 Å². The summed E-state index contributed by atoms with van der Waals surface area (Å²) in [7, 11) is 0. The van der Waals surface area contributed by atoms with E-state index in [0.717, 1.165) is 23.8 Å². The molecule has 0 aliphatic rings. The summed E-state index contributed by atoms with van der Waals surface area (Å²) in [5.41, 5.74) is 2.24. The molecule has 1 aromatic rings. The van der Waals surface area contributed by atoms with Gasteiger partial charge >= 0.3 is 0 Å². The molecule has 5 heteroatoms. The molecule has 0 aliphatic heterocycles. The van der Waals surface area contributed by atoms with E-state index in [-0.39, 0.29) is 18.6 Å². The summed E-state index contributed by atoms with van der Waals surface area (Å²) in [6.45, 7) is 12.3. The van der Waals surface area contributed by atoms with Gasteiger partial charge in [-0.1, -0.05) is 19.1 Å². The first-order valence-corrected chi connectivity index (χ1v) is 8.35. The molecule has 130 valence electrons. The van der Waals surface area contributed by atoms with E-state index in [0.29, 0.717) is 13.1 Å². The number of guanidine groups is 1.